The van der Waals surface area contributed by atoms with E-state index in [1.54, 1.807) is 6.08 Å². The number of hydrogen-bond donors (Lipinski definition) is 4. The van der Waals surface area contributed by atoms with Gasteiger partial charge in [0.1, 0.15) is 0 Å². The van der Waals surface area contributed by atoms with Gasteiger partial charge in [0, 0.05) is 25.3 Å². The van der Waals surface area contributed by atoms with Crippen molar-refractivity contribution < 1.29 is 20.1 Å². The highest BCUT2D eigenvalue weighted by Gasteiger charge is 2.39. The molecule has 5 heteroatoms. The molecule has 5 atom stereocenters. The van der Waals surface area contributed by atoms with E-state index < -0.39 is 18.3 Å². The molecule has 5 nitrogen and oxygen atoms in total. The van der Waals surface area contributed by atoms with Gasteiger partial charge in [-0.25, -0.2) is 0 Å². The monoisotopic (exact) mass is 441 g/mol. The maximum atomic E-state index is 11.8. The molecule has 2 aliphatic rings. The molecule has 0 aromatic heterocycles. The van der Waals surface area contributed by atoms with Crippen LogP contribution in [-0.2, 0) is 11.2 Å². The minimum absolute atomic E-state index is 0.0549. The predicted molar refractivity (Wildman–Crippen MR) is 127 cm³/mol. The molecule has 0 unspecified atom stereocenters. The number of unbranched alkanes of at least 4 members (excludes halogenated alkanes) is 1. The van der Waals surface area contributed by atoms with E-state index in [1.165, 1.54) is 18.4 Å². The number of aliphatic hydroxyl groups is 3. The number of allylic oxidation sites excluding steroid dienone is 2. The van der Waals surface area contributed by atoms with Crippen LogP contribution in [-0.4, -0.2) is 46.1 Å². The zero-order chi connectivity index (χ0) is 22.8. The fourth-order valence-electron chi connectivity index (χ4n) is 4.44. The number of amides is 1. The van der Waals surface area contributed by atoms with Crippen LogP contribution in [0.1, 0.15) is 56.9 Å². The Labute approximate surface area is 192 Å². The fraction of sp³-hybridized carbons (Fsp3) is 0.593. The molecule has 2 aliphatic carbocycles. The number of benzene rings is 1. The van der Waals surface area contributed by atoms with Crippen LogP contribution in [0, 0.1) is 17.8 Å². The zero-order valence-electron chi connectivity index (χ0n) is 19.0. The van der Waals surface area contributed by atoms with Crippen LogP contribution >= 0.6 is 0 Å². The first kappa shape index (κ1) is 24.7. The Balaban J connectivity index is 1.37. The second-order valence-corrected chi connectivity index (χ2v) is 9.43. The third-order valence-corrected chi connectivity index (χ3v) is 6.68. The lowest BCUT2D eigenvalue weighted by Gasteiger charge is -2.19. The average molecular weight is 442 g/mol. The first-order chi connectivity index (χ1) is 15.5. The molecule has 4 N–H and O–H groups in total. The molecule has 1 amide bonds. The molecule has 0 spiro atoms. The number of carbonyl (C=O) groups excluding carboxylic acids is 1. The highest BCUT2D eigenvalue weighted by Crippen LogP contribution is 2.36. The van der Waals surface area contributed by atoms with E-state index in [-0.39, 0.29) is 17.7 Å². The summed E-state index contributed by atoms with van der Waals surface area (Å²) in [6.07, 6.45) is 13.3. The van der Waals surface area contributed by atoms with Crippen LogP contribution in [0.2, 0.25) is 0 Å². The van der Waals surface area contributed by atoms with Crippen molar-refractivity contribution in [1.82, 2.24) is 5.32 Å². The number of hydrogen-bond acceptors (Lipinski definition) is 4. The first-order valence-electron chi connectivity index (χ1n) is 12.2. The highest BCUT2D eigenvalue weighted by atomic mass is 16.3. The van der Waals surface area contributed by atoms with Crippen molar-refractivity contribution in [2.24, 2.45) is 17.8 Å². The molecular weight excluding hydrogens is 402 g/mol. The Morgan fingerprint density at radius 3 is 2.66 bits per heavy atom. The van der Waals surface area contributed by atoms with Crippen molar-refractivity contribution in [3.05, 3.63) is 60.2 Å². The average Bonchev–Trinajstić information content (AvgIpc) is 3.58. The van der Waals surface area contributed by atoms with Crippen molar-refractivity contribution in [3.8, 4) is 0 Å². The fourth-order valence-corrected chi connectivity index (χ4v) is 4.44. The van der Waals surface area contributed by atoms with Gasteiger partial charge in [-0.2, -0.15) is 0 Å². The van der Waals surface area contributed by atoms with E-state index in [0.717, 1.165) is 25.8 Å². The second kappa shape index (κ2) is 12.9. The van der Waals surface area contributed by atoms with Gasteiger partial charge in [-0.3, -0.25) is 4.79 Å². The van der Waals surface area contributed by atoms with Gasteiger partial charge in [0.2, 0.25) is 5.91 Å². The summed E-state index contributed by atoms with van der Waals surface area (Å²) in [5.74, 6) is 0.629. The van der Waals surface area contributed by atoms with Crippen molar-refractivity contribution in [3.63, 3.8) is 0 Å². The summed E-state index contributed by atoms with van der Waals surface area (Å²) < 4.78 is 0. The molecule has 2 fully saturated rings. The van der Waals surface area contributed by atoms with Crippen molar-refractivity contribution in [2.45, 2.75) is 76.1 Å². The number of carbonyl (C=O) groups is 1. The lowest BCUT2D eigenvalue weighted by atomic mass is 9.89. The Morgan fingerprint density at radius 2 is 1.91 bits per heavy atom. The SMILES string of the molecule is O=C(CCC/C=C/C[C@@H]1[C@@H](/C=C/[C@H](O)CCc2ccccc2)[C@H](O)C[C@@H]1O)NCC1CC1. The van der Waals surface area contributed by atoms with E-state index in [9.17, 15) is 20.1 Å². The number of rotatable bonds is 13. The molecule has 32 heavy (non-hydrogen) atoms. The van der Waals surface area contributed by atoms with Crippen LogP contribution < -0.4 is 5.32 Å². The lowest BCUT2D eigenvalue weighted by Crippen LogP contribution is -2.24. The van der Waals surface area contributed by atoms with Crippen LogP contribution in [0.4, 0.5) is 0 Å². The molecule has 0 heterocycles. The Bertz CT molecular complexity index is 743. The molecule has 2 saturated carbocycles. The number of aryl methyl sites for hydroxylation is 1. The van der Waals surface area contributed by atoms with Crippen molar-refractivity contribution in [1.29, 1.82) is 0 Å². The molecule has 3 rings (SSSR count). The topological polar surface area (TPSA) is 89.8 Å². The summed E-state index contributed by atoms with van der Waals surface area (Å²) in [5.41, 5.74) is 1.19. The maximum Gasteiger partial charge on any atom is 0.220 e. The van der Waals surface area contributed by atoms with Crippen LogP contribution in [0.3, 0.4) is 0 Å². The third-order valence-electron chi connectivity index (χ3n) is 6.68. The van der Waals surface area contributed by atoms with E-state index in [0.29, 0.717) is 31.6 Å². The van der Waals surface area contributed by atoms with Crippen LogP contribution in [0.15, 0.2) is 54.6 Å². The van der Waals surface area contributed by atoms with Gasteiger partial charge in [0.05, 0.1) is 18.3 Å². The van der Waals surface area contributed by atoms with Gasteiger partial charge in [0.15, 0.2) is 0 Å². The number of aliphatic hydroxyl groups excluding tert-OH is 3. The standard InChI is InChI=1S/C27H39NO4/c29-22(15-14-20-8-4-3-5-9-20)16-17-24-23(25(30)18-26(24)31)10-6-1-2-7-11-27(32)28-19-21-12-13-21/h1,3-6,8-9,16-17,21-26,29-31H,2,7,10-15,18-19H2,(H,28,32)/b6-1+,17-16+/t22-,23-,24-,25+,26-/m1/s1. The lowest BCUT2D eigenvalue weighted by molar-refractivity contribution is -0.121. The Morgan fingerprint density at radius 1 is 1.12 bits per heavy atom. The summed E-state index contributed by atoms with van der Waals surface area (Å²) in [4.78, 5) is 11.8. The first-order valence-corrected chi connectivity index (χ1v) is 12.2. The van der Waals surface area contributed by atoms with Gasteiger partial charge in [-0.1, -0.05) is 54.6 Å². The van der Waals surface area contributed by atoms with E-state index >= 15 is 0 Å². The molecule has 176 valence electrons. The summed E-state index contributed by atoms with van der Waals surface area (Å²) in [5, 5.41) is 34.1. The van der Waals surface area contributed by atoms with Gasteiger partial charge < -0.3 is 20.6 Å². The zero-order valence-corrected chi connectivity index (χ0v) is 19.0. The quantitative estimate of drug-likeness (QED) is 0.278. The van der Waals surface area contributed by atoms with Gasteiger partial charge >= 0.3 is 0 Å². The predicted octanol–water partition coefficient (Wildman–Crippen LogP) is 3.54. The molecule has 1 aromatic carbocycles. The van der Waals surface area contributed by atoms with E-state index in [2.05, 4.69) is 29.6 Å². The highest BCUT2D eigenvalue weighted by molar-refractivity contribution is 5.75. The van der Waals surface area contributed by atoms with E-state index in [1.807, 2.05) is 24.3 Å². The molecule has 0 bridgehead atoms. The molecule has 0 aliphatic heterocycles. The number of nitrogens with one attached hydrogen (secondary N) is 1. The van der Waals surface area contributed by atoms with Gasteiger partial charge in [-0.15, -0.1) is 0 Å². The summed E-state index contributed by atoms with van der Waals surface area (Å²) in [6.45, 7) is 0.826. The summed E-state index contributed by atoms with van der Waals surface area (Å²) >= 11 is 0. The molecule has 1 aromatic rings. The summed E-state index contributed by atoms with van der Waals surface area (Å²) in [7, 11) is 0. The third kappa shape index (κ3) is 8.53. The van der Waals surface area contributed by atoms with Crippen LogP contribution in [0.25, 0.3) is 0 Å². The maximum absolute atomic E-state index is 11.8. The van der Waals surface area contributed by atoms with Gasteiger partial charge in [-0.05, 0) is 62.3 Å². The second-order valence-electron chi connectivity index (χ2n) is 9.43. The Kier molecular flexibility index (Phi) is 9.97. The van der Waals surface area contributed by atoms with Gasteiger partial charge in [0.25, 0.3) is 0 Å². The molecule has 0 saturated heterocycles. The molecule has 0 radical (unpaired) electrons. The Hall–Kier alpha value is -1.95. The normalized spacial score (nSPS) is 26.7. The summed E-state index contributed by atoms with van der Waals surface area (Å²) in [6, 6.07) is 10.1. The van der Waals surface area contributed by atoms with Crippen molar-refractivity contribution in [2.75, 3.05) is 6.54 Å². The minimum atomic E-state index is -0.587. The molecular formula is C27H39NO4. The van der Waals surface area contributed by atoms with Crippen molar-refractivity contribution >= 4 is 5.91 Å². The van der Waals surface area contributed by atoms with Crippen LogP contribution in [0.5, 0.6) is 0 Å². The largest absolute Gasteiger partial charge is 0.393 e. The van der Waals surface area contributed by atoms with E-state index in [4.69, 9.17) is 0 Å². The minimum Gasteiger partial charge on any atom is -0.393 e. The smallest absolute Gasteiger partial charge is 0.220 e.